The van der Waals surface area contributed by atoms with Crippen molar-refractivity contribution in [3.63, 3.8) is 0 Å². The number of rotatable bonds is 8. The van der Waals surface area contributed by atoms with Crippen molar-refractivity contribution in [2.24, 2.45) is 17.0 Å². The molecular weight excluding hydrogens is 415 g/mol. The van der Waals surface area contributed by atoms with Crippen LogP contribution in [0.25, 0.3) is 0 Å². The van der Waals surface area contributed by atoms with Crippen LogP contribution in [0.3, 0.4) is 0 Å². The van der Waals surface area contributed by atoms with Crippen molar-refractivity contribution in [1.29, 1.82) is 0 Å². The fraction of sp³-hybridized carbons (Fsp3) is 0.562. The number of para-hydroxylation sites is 1. The molecule has 1 unspecified atom stereocenters. The van der Waals surface area contributed by atoms with Gasteiger partial charge in [0.1, 0.15) is 24.9 Å². The number of quaternary nitrogens is 1. The first-order valence-corrected chi connectivity index (χ1v) is 8.77. The molecule has 2 aliphatic carbocycles. The summed E-state index contributed by atoms with van der Waals surface area (Å²) in [6.07, 6.45) is 4.57. The van der Waals surface area contributed by atoms with Crippen LogP contribution in [-0.4, -0.2) is 30.1 Å². The normalized spacial score (nSPS) is 18.3. The monoisotopic (exact) mass is 436 g/mol. The molecule has 6 heteroatoms. The van der Waals surface area contributed by atoms with Crippen LogP contribution in [0.15, 0.2) is 29.4 Å². The lowest BCUT2D eigenvalue weighted by molar-refractivity contribution is -0.581. The molecule has 0 aliphatic heterocycles. The summed E-state index contributed by atoms with van der Waals surface area (Å²) in [7, 11) is 0. The van der Waals surface area contributed by atoms with E-state index in [1.807, 2.05) is 12.1 Å². The molecule has 0 heterocycles. The molecule has 4 nitrogen and oxygen atoms in total. The average Bonchev–Trinajstić information content (AvgIpc) is 3.36. The fourth-order valence-corrected chi connectivity index (χ4v) is 3.02. The molecule has 122 valence electrons. The van der Waals surface area contributed by atoms with Crippen molar-refractivity contribution in [3.8, 4) is 0 Å². The first-order chi connectivity index (χ1) is 10.2. The largest absolute Gasteiger partial charge is 1.00 e. The zero-order valence-electron chi connectivity index (χ0n) is 12.4. The quantitative estimate of drug-likeness (QED) is 0.239. The second kappa shape index (κ2) is 8.47. The number of oxime groups is 1. The van der Waals surface area contributed by atoms with E-state index in [0.29, 0.717) is 18.4 Å². The van der Waals surface area contributed by atoms with E-state index in [1.165, 1.54) is 35.0 Å². The molecule has 0 radical (unpaired) electrons. The molecule has 1 atom stereocenters. The van der Waals surface area contributed by atoms with E-state index in [-0.39, 0.29) is 19.0 Å². The van der Waals surface area contributed by atoms with Gasteiger partial charge >= 0.3 is 0 Å². The molecule has 2 fully saturated rings. The molecule has 0 aromatic heterocycles. The van der Waals surface area contributed by atoms with E-state index in [2.05, 4.69) is 45.2 Å². The second-order valence-electron chi connectivity index (χ2n) is 5.98. The molecule has 22 heavy (non-hydrogen) atoms. The summed E-state index contributed by atoms with van der Waals surface area (Å²) in [5, 5.41) is 16.4. The lowest BCUT2D eigenvalue weighted by Crippen LogP contribution is -3.00. The van der Waals surface area contributed by atoms with Gasteiger partial charge in [-0.05, 0) is 54.3 Å². The SMILES string of the molecule is OC(C[NH2+]c1ccccc1I)CON=C(C1CC1)C1CC1.[Cl-]. The van der Waals surface area contributed by atoms with Crippen LogP contribution in [-0.2, 0) is 4.84 Å². The summed E-state index contributed by atoms with van der Waals surface area (Å²) in [5.41, 5.74) is 2.42. The zero-order chi connectivity index (χ0) is 14.7. The molecule has 0 spiro atoms. The molecular formula is C16H22ClIN2O2. The van der Waals surface area contributed by atoms with Crippen LogP contribution in [0.1, 0.15) is 25.7 Å². The fourth-order valence-electron chi connectivity index (χ4n) is 2.41. The van der Waals surface area contributed by atoms with Crippen LogP contribution < -0.4 is 17.7 Å². The standard InChI is InChI=1S/C16H21IN2O2.ClH/c17-14-3-1-2-4-15(14)18-9-13(20)10-21-19-16(11-5-6-11)12-7-8-12;/h1-4,11-13,18,20H,5-10H2;1H. The number of aliphatic hydroxyl groups is 1. The number of nitrogens with two attached hydrogens (primary N) is 1. The molecule has 1 aromatic rings. The van der Waals surface area contributed by atoms with Gasteiger partial charge in [0.15, 0.2) is 0 Å². The van der Waals surface area contributed by atoms with Crippen molar-refractivity contribution in [3.05, 3.63) is 27.8 Å². The van der Waals surface area contributed by atoms with Crippen molar-refractivity contribution < 1.29 is 27.7 Å². The Morgan fingerprint density at radius 2 is 1.91 bits per heavy atom. The average molecular weight is 437 g/mol. The Bertz CT molecular complexity index is 505. The van der Waals surface area contributed by atoms with Gasteiger partial charge in [0.05, 0.1) is 9.28 Å². The highest BCUT2D eigenvalue weighted by molar-refractivity contribution is 14.1. The third-order valence-electron chi connectivity index (χ3n) is 3.94. The molecule has 0 bridgehead atoms. The Morgan fingerprint density at radius 1 is 1.27 bits per heavy atom. The Balaban J connectivity index is 0.00000176. The molecule has 3 N–H and O–H groups in total. The van der Waals surface area contributed by atoms with Gasteiger partial charge < -0.3 is 27.7 Å². The topological polar surface area (TPSA) is 58.4 Å². The predicted octanol–water partition coefficient (Wildman–Crippen LogP) is -0.956. The third kappa shape index (κ3) is 5.37. The number of halogens is 2. The van der Waals surface area contributed by atoms with Crippen molar-refractivity contribution in [2.45, 2.75) is 31.8 Å². The maximum Gasteiger partial charge on any atom is 0.148 e. The summed E-state index contributed by atoms with van der Waals surface area (Å²) in [6, 6.07) is 8.16. The summed E-state index contributed by atoms with van der Waals surface area (Å²) in [6.45, 7) is 0.876. The zero-order valence-corrected chi connectivity index (χ0v) is 15.3. The van der Waals surface area contributed by atoms with Crippen molar-refractivity contribution in [2.75, 3.05) is 13.2 Å². The molecule has 1 aromatic carbocycles. The molecule has 2 aliphatic rings. The van der Waals surface area contributed by atoms with Gasteiger partial charge in [-0.25, -0.2) is 0 Å². The maximum atomic E-state index is 9.99. The number of aliphatic hydroxyl groups excluding tert-OH is 1. The summed E-state index contributed by atoms with van der Waals surface area (Å²) < 4.78 is 1.20. The number of hydrogen-bond donors (Lipinski definition) is 2. The van der Waals surface area contributed by atoms with E-state index in [4.69, 9.17) is 4.84 Å². The van der Waals surface area contributed by atoms with Crippen LogP contribution in [0.5, 0.6) is 0 Å². The highest BCUT2D eigenvalue weighted by Crippen LogP contribution is 2.42. The maximum absolute atomic E-state index is 9.99. The minimum Gasteiger partial charge on any atom is -1.00 e. The summed E-state index contributed by atoms with van der Waals surface area (Å²) >= 11 is 2.31. The highest BCUT2D eigenvalue weighted by atomic mass is 127. The van der Waals surface area contributed by atoms with E-state index in [9.17, 15) is 5.11 Å². The summed E-state index contributed by atoms with van der Waals surface area (Å²) in [4.78, 5) is 5.39. The van der Waals surface area contributed by atoms with Crippen LogP contribution in [0, 0.1) is 15.4 Å². The van der Waals surface area contributed by atoms with E-state index in [1.54, 1.807) is 0 Å². The van der Waals surface area contributed by atoms with E-state index < -0.39 is 6.10 Å². The molecule has 3 rings (SSSR count). The Morgan fingerprint density at radius 3 is 2.50 bits per heavy atom. The lowest BCUT2D eigenvalue weighted by atomic mass is 10.2. The number of nitrogens with zero attached hydrogens (tertiary/aromatic N) is 1. The number of benzene rings is 1. The van der Waals surface area contributed by atoms with E-state index >= 15 is 0 Å². The molecule has 0 amide bonds. The Hall–Kier alpha value is -0.370. The van der Waals surface area contributed by atoms with Gasteiger partial charge in [-0.1, -0.05) is 17.3 Å². The predicted molar refractivity (Wildman–Crippen MR) is 90.5 cm³/mol. The highest BCUT2D eigenvalue weighted by Gasteiger charge is 2.38. The van der Waals surface area contributed by atoms with E-state index in [0.717, 1.165) is 5.69 Å². The van der Waals surface area contributed by atoms with Crippen LogP contribution in [0.4, 0.5) is 5.69 Å². The minimum atomic E-state index is -0.496. The van der Waals surface area contributed by atoms with Crippen LogP contribution in [0.2, 0.25) is 0 Å². The van der Waals surface area contributed by atoms with Crippen molar-refractivity contribution >= 4 is 34.0 Å². The van der Waals surface area contributed by atoms with Gasteiger partial charge in [-0.15, -0.1) is 0 Å². The van der Waals surface area contributed by atoms with Gasteiger partial charge in [0.25, 0.3) is 0 Å². The Labute approximate surface area is 151 Å². The smallest absolute Gasteiger partial charge is 0.148 e. The number of hydrogen-bond acceptors (Lipinski definition) is 3. The molecule has 2 saturated carbocycles. The van der Waals surface area contributed by atoms with Gasteiger partial charge in [-0.3, -0.25) is 0 Å². The van der Waals surface area contributed by atoms with Crippen LogP contribution >= 0.6 is 22.6 Å². The van der Waals surface area contributed by atoms with Gasteiger partial charge in [0.2, 0.25) is 0 Å². The third-order valence-corrected chi connectivity index (χ3v) is 4.93. The first-order valence-electron chi connectivity index (χ1n) is 7.69. The van der Waals surface area contributed by atoms with Crippen molar-refractivity contribution in [1.82, 2.24) is 0 Å². The van der Waals surface area contributed by atoms with Gasteiger partial charge in [0, 0.05) is 17.9 Å². The lowest BCUT2D eigenvalue weighted by Gasteiger charge is -2.10. The molecule has 0 saturated heterocycles. The minimum absolute atomic E-state index is 0. The summed E-state index contributed by atoms with van der Waals surface area (Å²) in [5.74, 6) is 1.35. The van der Waals surface area contributed by atoms with Gasteiger partial charge in [-0.2, -0.15) is 0 Å². The first kappa shape index (κ1) is 18.0. The second-order valence-corrected chi connectivity index (χ2v) is 7.14. The Kier molecular flexibility index (Phi) is 6.92.